The number of carbonyl (C=O) groups is 1. The molecule has 0 spiro atoms. The van der Waals surface area contributed by atoms with Crippen molar-refractivity contribution >= 4 is 21.0 Å². The number of aromatic nitrogens is 2. The molecule has 38 heavy (non-hydrogen) atoms. The monoisotopic (exact) mass is 780 g/mol. The summed E-state index contributed by atoms with van der Waals surface area (Å²) in [6.07, 6.45) is 10.6. The molecular weight excluding hydrogens is 728 g/mol. The predicted octanol–water partition coefficient (Wildman–Crippen LogP) is 4.82. The van der Waals surface area contributed by atoms with Gasteiger partial charge in [0, 0.05) is 117 Å². The first-order chi connectivity index (χ1) is 16.7. The van der Waals surface area contributed by atoms with Gasteiger partial charge in [-0.3, -0.25) is 14.4 Å². The summed E-state index contributed by atoms with van der Waals surface area (Å²) in [6.45, 7) is 13.4. The number of hydrogen-bond acceptors (Lipinski definition) is 6. The first-order valence-electron chi connectivity index (χ1n) is 13.3. The molecule has 1 aliphatic rings. The third kappa shape index (κ3) is 20.7. The molecule has 0 aliphatic carbocycles. The standard InChI is InChI=1S/C19H32N5O3.C5H13P.C2H6.3Y/c1-3-13(2)12-14-7-8-17(27-14)24-11-9-16(21)23-19(24)22-10-5-4-6-15(20)18(25)26;1-3-5(6)4-2;1-2;;;/h9,11,14-15,17H,3-8,10,12,20H2,1-2H3,(H,25,26)(H2,21,22,23);5H,3-4,6H2,1-2H3;1-2H3;;;/q-1;;;;;/p+1/t14?,15?,17-;;;;;/m1...../s1. The Kier molecular flexibility index (Phi) is 35.6. The van der Waals surface area contributed by atoms with Crippen LogP contribution in [0.15, 0.2) is 17.3 Å². The van der Waals surface area contributed by atoms with Crippen molar-refractivity contribution in [1.82, 2.24) is 9.55 Å². The second kappa shape index (κ2) is 28.9. The SMILES string of the molecule is CC.CCC([PH3+])CC.CC[C-](C)CC1CC[C@H](n2ccc(N)nc2=NCCCCC(N)C(=O)O)O1.[Y].[Y].[Y]. The number of nitrogen functional groups attached to an aromatic ring is 1. The molecule has 0 bridgehead atoms. The van der Waals surface area contributed by atoms with Crippen molar-refractivity contribution < 1.29 is 113 Å². The predicted molar refractivity (Wildman–Crippen MR) is 150 cm³/mol. The summed E-state index contributed by atoms with van der Waals surface area (Å²) >= 11 is 0. The van der Waals surface area contributed by atoms with Crippen molar-refractivity contribution in [2.24, 2.45) is 10.7 Å². The molecule has 0 aromatic carbocycles. The average Bonchev–Trinajstić information content (AvgIpc) is 3.32. The first kappa shape index (κ1) is 46.8. The van der Waals surface area contributed by atoms with Crippen LogP contribution in [-0.4, -0.2) is 45.0 Å². The summed E-state index contributed by atoms with van der Waals surface area (Å²) in [7, 11) is 2.10. The van der Waals surface area contributed by atoms with Gasteiger partial charge in [0.25, 0.3) is 0 Å². The molecule has 5 N–H and O–H groups in total. The van der Waals surface area contributed by atoms with Crippen LogP contribution in [0, 0.1) is 5.92 Å². The number of ether oxygens (including phenoxy) is 1. The summed E-state index contributed by atoms with van der Waals surface area (Å²) in [5, 5.41) is 8.81. The van der Waals surface area contributed by atoms with Crippen LogP contribution in [0.4, 0.5) is 5.82 Å². The summed E-state index contributed by atoms with van der Waals surface area (Å²) in [5.41, 5.74) is 12.9. The molecule has 0 saturated carbocycles. The topological polar surface area (TPSA) is 129 Å². The van der Waals surface area contributed by atoms with Gasteiger partial charge in [0.1, 0.15) is 18.1 Å². The Labute approximate surface area is 309 Å². The van der Waals surface area contributed by atoms with Crippen molar-refractivity contribution in [2.75, 3.05) is 12.3 Å². The van der Waals surface area contributed by atoms with E-state index in [0.29, 0.717) is 30.8 Å². The van der Waals surface area contributed by atoms with Crippen LogP contribution in [0.2, 0.25) is 0 Å². The minimum atomic E-state index is -0.967. The number of rotatable bonds is 12. The van der Waals surface area contributed by atoms with E-state index in [1.807, 2.05) is 24.6 Å². The smallest absolute Gasteiger partial charge is 0.320 e. The Morgan fingerprint density at radius 3 is 2.34 bits per heavy atom. The Balaban J connectivity index is -0.000000464. The number of carboxylic acids is 1. The van der Waals surface area contributed by atoms with E-state index in [4.69, 9.17) is 21.3 Å². The van der Waals surface area contributed by atoms with Gasteiger partial charge in [0.15, 0.2) is 0 Å². The van der Waals surface area contributed by atoms with E-state index in [-0.39, 0.29) is 110 Å². The van der Waals surface area contributed by atoms with Crippen molar-refractivity contribution in [3.8, 4) is 0 Å². The van der Waals surface area contributed by atoms with Gasteiger partial charge in [-0.05, 0) is 60.3 Å². The zero-order valence-electron chi connectivity index (χ0n) is 24.7. The fraction of sp³-hybridized carbons (Fsp3) is 0.769. The summed E-state index contributed by atoms with van der Waals surface area (Å²) < 4.78 is 8.15. The molecule has 0 amide bonds. The van der Waals surface area contributed by atoms with Gasteiger partial charge in [-0.25, -0.2) is 0 Å². The molecule has 3 unspecified atom stereocenters. The molecule has 213 valence electrons. The second-order valence-corrected chi connectivity index (χ2v) is 10.0. The zero-order chi connectivity index (χ0) is 26.8. The third-order valence-electron chi connectivity index (χ3n) is 6.09. The number of anilines is 1. The first-order valence-corrected chi connectivity index (χ1v) is 14.2. The van der Waals surface area contributed by atoms with Crippen LogP contribution < -0.4 is 17.1 Å². The van der Waals surface area contributed by atoms with E-state index >= 15 is 0 Å². The normalized spacial score (nSPS) is 17.2. The van der Waals surface area contributed by atoms with E-state index in [1.165, 1.54) is 18.8 Å². The van der Waals surface area contributed by atoms with Crippen molar-refractivity contribution in [3.63, 3.8) is 0 Å². The summed E-state index contributed by atoms with van der Waals surface area (Å²) in [6, 6.07) is 0.943. The second-order valence-electron chi connectivity index (χ2n) is 8.87. The Morgan fingerprint density at radius 2 is 1.84 bits per heavy atom. The van der Waals surface area contributed by atoms with E-state index in [1.54, 1.807) is 6.07 Å². The van der Waals surface area contributed by atoms with Gasteiger partial charge in [-0.2, -0.15) is 24.7 Å². The number of aliphatic carboxylic acids is 1. The number of hydrogen-bond donors (Lipinski definition) is 3. The maximum atomic E-state index is 10.7. The molecule has 3 radical (unpaired) electrons. The molecule has 1 fully saturated rings. The molecule has 1 aliphatic heterocycles. The quantitative estimate of drug-likeness (QED) is 0.159. The molecule has 1 aromatic rings. The minimum absolute atomic E-state index is 0. The Hall–Kier alpha value is 1.81. The zero-order valence-corrected chi connectivity index (χ0v) is 34.7. The summed E-state index contributed by atoms with van der Waals surface area (Å²) in [4.78, 5) is 19.6. The van der Waals surface area contributed by atoms with E-state index in [0.717, 1.165) is 37.8 Å². The number of nitrogens with zero attached hydrogens (tertiary/aromatic N) is 3. The number of nitrogens with two attached hydrogens (primary N) is 2. The van der Waals surface area contributed by atoms with Gasteiger partial charge in [0.2, 0.25) is 5.62 Å². The van der Waals surface area contributed by atoms with Crippen LogP contribution in [0.25, 0.3) is 0 Å². The van der Waals surface area contributed by atoms with Gasteiger partial charge in [-0.15, -0.1) is 0 Å². The van der Waals surface area contributed by atoms with Gasteiger partial charge in [-0.1, -0.05) is 34.6 Å². The molecule has 2 rings (SSSR count). The number of unbranched alkanes of at least 4 members (excludes halogenated alkanes) is 1. The fourth-order valence-electron chi connectivity index (χ4n) is 3.42. The molecule has 4 atom stereocenters. The summed E-state index contributed by atoms with van der Waals surface area (Å²) in [5.74, 6) is 0.902. The molecule has 12 heteroatoms. The molecular formula is C26H52N5O3PY3. The van der Waals surface area contributed by atoms with Gasteiger partial charge < -0.3 is 27.2 Å². The van der Waals surface area contributed by atoms with E-state index in [9.17, 15) is 4.79 Å². The van der Waals surface area contributed by atoms with Crippen LogP contribution in [0.1, 0.15) is 106 Å². The molecule has 2 heterocycles. The van der Waals surface area contributed by atoms with Crippen LogP contribution in [0.3, 0.4) is 0 Å². The Morgan fingerprint density at radius 1 is 1.24 bits per heavy atom. The molecule has 1 aromatic heterocycles. The van der Waals surface area contributed by atoms with Crippen LogP contribution in [-0.2, 0) is 108 Å². The molecule has 1 saturated heterocycles. The van der Waals surface area contributed by atoms with E-state index in [2.05, 4.69) is 46.9 Å². The average molecular weight is 780 g/mol. The minimum Gasteiger partial charge on any atom is -0.480 e. The van der Waals surface area contributed by atoms with Gasteiger partial charge >= 0.3 is 5.97 Å². The Bertz CT molecular complexity index is 770. The molecule has 8 nitrogen and oxygen atoms in total. The maximum absolute atomic E-state index is 10.7. The van der Waals surface area contributed by atoms with Crippen molar-refractivity contribution in [3.05, 3.63) is 23.8 Å². The fourth-order valence-corrected chi connectivity index (χ4v) is 3.42. The maximum Gasteiger partial charge on any atom is 0.320 e. The number of carboxylic acid groups (broad SMARTS) is 1. The van der Waals surface area contributed by atoms with Gasteiger partial charge in [0.05, 0.1) is 5.66 Å². The van der Waals surface area contributed by atoms with Crippen LogP contribution in [0.5, 0.6) is 0 Å². The van der Waals surface area contributed by atoms with Crippen molar-refractivity contribution in [2.45, 2.75) is 123 Å². The largest absolute Gasteiger partial charge is 0.480 e. The van der Waals surface area contributed by atoms with Crippen molar-refractivity contribution in [1.29, 1.82) is 0 Å². The van der Waals surface area contributed by atoms with E-state index < -0.39 is 12.0 Å². The van der Waals surface area contributed by atoms with Crippen LogP contribution >= 0.6 is 9.24 Å². The third-order valence-corrected chi connectivity index (χ3v) is 7.24.